The molecule has 62 valence electrons. The largest absolute Gasteiger partial charge is 0.399 e. The Morgan fingerprint density at radius 1 is 1.00 bits per heavy atom. The van der Waals surface area contributed by atoms with Crippen LogP contribution in [0.25, 0.3) is 0 Å². The maximum atomic E-state index is 10.4. The maximum absolute atomic E-state index is 10.4. The van der Waals surface area contributed by atoms with E-state index in [1.165, 1.54) is 12.1 Å². The van der Waals surface area contributed by atoms with Crippen LogP contribution in [0, 0.1) is 0 Å². The molecule has 0 fully saturated rings. The minimum absolute atomic E-state index is 0.175. The number of nitrogens with two attached hydrogens (primary N) is 2. The van der Waals surface area contributed by atoms with Crippen molar-refractivity contribution in [2.24, 2.45) is 0 Å². The van der Waals surface area contributed by atoms with Gasteiger partial charge in [0, 0.05) is 16.8 Å². The maximum Gasteiger partial charge on any atom is 0.152 e. The number of hydrogen-bond acceptors (Lipinski definition) is 4. The number of anilines is 2. The number of nitrogen functional groups attached to an aromatic ring is 2. The lowest BCUT2D eigenvalue weighted by atomic mass is 10.1. The summed E-state index contributed by atoms with van der Waals surface area (Å²) in [4.78, 5) is 20.8. The Morgan fingerprint density at radius 3 is 1.75 bits per heavy atom. The molecule has 0 saturated carbocycles. The van der Waals surface area contributed by atoms with Crippen molar-refractivity contribution in [1.29, 1.82) is 0 Å². The van der Waals surface area contributed by atoms with E-state index in [9.17, 15) is 9.59 Å². The smallest absolute Gasteiger partial charge is 0.152 e. The molecule has 0 aliphatic rings. The minimum atomic E-state index is 0.175. The molecule has 4 N–H and O–H groups in total. The molecular formula is C8H8N2O2. The fourth-order valence-electron chi connectivity index (χ4n) is 0.918. The molecule has 0 saturated heterocycles. The second-order valence-corrected chi connectivity index (χ2v) is 2.35. The van der Waals surface area contributed by atoms with E-state index in [4.69, 9.17) is 11.5 Å². The van der Waals surface area contributed by atoms with Crippen molar-refractivity contribution in [1.82, 2.24) is 0 Å². The van der Waals surface area contributed by atoms with Crippen molar-refractivity contribution in [3.05, 3.63) is 23.3 Å². The van der Waals surface area contributed by atoms with Crippen molar-refractivity contribution in [3.8, 4) is 0 Å². The number of benzene rings is 1. The fourth-order valence-corrected chi connectivity index (χ4v) is 0.918. The Bertz CT molecular complexity index is 305. The van der Waals surface area contributed by atoms with Gasteiger partial charge in [0.2, 0.25) is 0 Å². The van der Waals surface area contributed by atoms with Crippen LogP contribution < -0.4 is 11.5 Å². The van der Waals surface area contributed by atoms with Crippen LogP contribution in [0.1, 0.15) is 20.7 Å². The van der Waals surface area contributed by atoms with Crippen LogP contribution in [-0.2, 0) is 0 Å². The standard InChI is InChI=1S/C8H8N2O2/c9-7-1-5(3-11)8(10)6(2-7)4-12/h1-4H,9-10H2. The van der Waals surface area contributed by atoms with Gasteiger partial charge in [-0.25, -0.2) is 0 Å². The summed E-state index contributed by atoms with van der Waals surface area (Å²) in [6, 6.07) is 2.85. The van der Waals surface area contributed by atoms with E-state index in [-0.39, 0.29) is 16.8 Å². The SMILES string of the molecule is Nc1cc(C=O)c(N)c(C=O)c1. The number of aldehydes is 2. The number of carbonyl (C=O) groups excluding carboxylic acids is 2. The van der Waals surface area contributed by atoms with Gasteiger partial charge in [-0.1, -0.05) is 0 Å². The molecule has 0 radical (unpaired) electrons. The molecule has 0 atom stereocenters. The van der Waals surface area contributed by atoms with Gasteiger partial charge in [0.15, 0.2) is 12.6 Å². The number of rotatable bonds is 2. The molecule has 0 aliphatic carbocycles. The molecule has 1 rings (SSSR count). The molecule has 0 bridgehead atoms. The van der Waals surface area contributed by atoms with Crippen molar-refractivity contribution in [3.63, 3.8) is 0 Å². The Labute approximate surface area is 69.2 Å². The van der Waals surface area contributed by atoms with E-state index >= 15 is 0 Å². The second-order valence-electron chi connectivity index (χ2n) is 2.35. The van der Waals surface area contributed by atoms with Gasteiger partial charge in [-0.15, -0.1) is 0 Å². The van der Waals surface area contributed by atoms with Gasteiger partial charge < -0.3 is 11.5 Å². The highest BCUT2D eigenvalue weighted by Gasteiger charge is 2.04. The molecular weight excluding hydrogens is 156 g/mol. The van der Waals surface area contributed by atoms with Crippen LogP contribution in [-0.4, -0.2) is 12.6 Å². The fraction of sp³-hybridized carbons (Fsp3) is 0. The Hall–Kier alpha value is -1.84. The van der Waals surface area contributed by atoms with Crippen molar-refractivity contribution < 1.29 is 9.59 Å². The molecule has 0 amide bonds. The lowest BCUT2D eigenvalue weighted by molar-refractivity contribution is 0.112. The van der Waals surface area contributed by atoms with E-state index in [0.717, 1.165) is 0 Å². The normalized spacial score (nSPS) is 9.33. The molecule has 0 aliphatic heterocycles. The molecule has 0 spiro atoms. The zero-order chi connectivity index (χ0) is 9.14. The summed E-state index contributed by atoms with van der Waals surface area (Å²) in [6.45, 7) is 0. The van der Waals surface area contributed by atoms with Crippen LogP contribution in [0.5, 0.6) is 0 Å². The summed E-state index contributed by atoms with van der Waals surface area (Å²) in [7, 11) is 0. The third-order valence-corrected chi connectivity index (χ3v) is 1.52. The van der Waals surface area contributed by atoms with Crippen LogP contribution in [0.2, 0.25) is 0 Å². The molecule has 0 aromatic heterocycles. The Kier molecular flexibility index (Phi) is 2.09. The van der Waals surface area contributed by atoms with Gasteiger partial charge >= 0.3 is 0 Å². The first-order valence-electron chi connectivity index (χ1n) is 3.28. The van der Waals surface area contributed by atoms with Gasteiger partial charge in [-0.2, -0.15) is 0 Å². The van der Waals surface area contributed by atoms with Crippen molar-refractivity contribution in [2.45, 2.75) is 0 Å². The predicted octanol–water partition coefficient (Wildman–Crippen LogP) is 0.476. The van der Waals surface area contributed by atoms with Crippen molar-refractivity contribution >= 4 is 23.9 Å². The highest BCUT2D eigenvalue weighted by Crippen LogP contribution is 2.18. The average molecular weight is 164 g/mol. The monoisotopic (exact) mass is 164 g/mol. The van der Waals surface area contributed by atoms with Gasteiger partial charge in [0.25, 0.3) is 0 Å². The van der Waals surface area contributed by atoms with E-state index in [1.54, 1.807) is 0 Å². The van der Waals surface area contributed by atoms with Gasteiger partial charge in [-0.05, 0) is 12.1 Å². The Morgan fingerprint density at radius 2 is 1.42 bits per heavy atom. The first-order chi connectivity index (χ1) is 5.69. The number of hydrogen-bond donors (Lipinski definition) is 2. The lowest BCUT2D eigenvalue weighted by Gasteiger charge is -2.02. The summed E-state index contributed by atoms with van der Waals surface area (Å²) >= 11 is 0. The quantitative estimate of drug-likeness (QED) is 0.491. The predicted molar refractivity (Wildman–Crippen MR) is 46.0 cm³/mol. The molecule has 0 unspecified atom stereocenters. The first-order valence-corrected chi connectivity index (χ1v) is 3.28. The molecule has 12 heavy (non-hydrogen) atoms. The zero-order valence-corrected chi connectivity index (χ0v) is 6.28. The van der Waals surface area contributed by atoms with Gasteiger partial charge in [-0.3, -0.25) is 9.59 Å². The summed E-state index contributed by atoms with van der Waals surface area (Å²) in [5.74, 6) is 0. The lowest BCUT2D eigenvalue weighted by Crippen LogP contribution is -2.00. The first kappa shape index (κ1) is 8.26. The topological polar surface area (TPSA) is 86.2 Å². The average Bonchev–Trinajstić information content (AvgIpc) is 2.08. The summed E-state index contributed by atoms with van der Waals surface area (Å²) in [6.07, 6.45) is 1.14. The summed E-state index contributed by atoms with van der Waals surface area (Å²) in [5.41, 5.74) is 11.9. The van der Waals surface area contributed by atoms with E-state index < -0.39 is 0 Å². The van der Waals surface area contributed by atoms with Crippen LogP contribution in [0.15, 0.2) is 12.1 Å². The van der Waals surface area contributed by atoms with Gasteiger partial charge in [0.1, 0.15) is 0 Å². The molecule has 1 aromatic carbocycles. The highest BCUT2D eigenvalue weighted by molar-refractivity contribution is 5.94. The van der Waals surface area contributed by atoms with Crippen LogP contribution in [0.4, 0.5) is 11.4 Å². The minimum Gasteiger partial charge on any atom is -0.399 e. The summed E-state index contributed by atoms with van der Waals surface area (Å²) < 4.78 is 0. The van der Waals surface area contributed by atoms with Crippen LogP contribution in [0.3, 0.4) is 0 Å². The zero-order valence-electron chi connectivity index (χ0n) is 6.28. The highest BCUT2D eigenvalue weighted by atomic mass is 16.1. The number of carbonyl (C=O) groups is 2. The third-order valence-electron chi connectivity index (χ3n) is 1.52. The molecule has 4 heteroatoms. The van der Waals surface area contributed by atoms with E-state index in [0.29, 0.717) is 18.3 Å². The van der Waals surface area contributed by atoms with E-state index in [2.05, 4.69) is 0 Å². The third kappa shape index (κ3) is 1.27. The van der Waals surface area contributed by atoms with Gasteiger partial charge in [0.05, 0.1) is 5.69 Å². The van der Waals surface area contributed by atoms with E-state index in [1.807, 2.05) is 0 Å². The second kappa shape index (κ2) is 3.04. The van der Waals surface area contributed by atoms with Crippen LogP contribution >= 0.6 is 0 Å². The molecule has 1 aromatic rings. The summed E-state index contributed by atoms with van der Waals surface area (Å²) in [5, 5.41) is 0. The Balaban J connectivity index is 3.41. The van der Waals surface area contributed by atoms with Crippen molar-refractivity contribution in [2.75, 3.05) is 11.5 Å². The molecule has 4 nitrogen and oxygen atoms in total. The molecule has 0 heterocycles.